The molecular weight excluding hydrogens is 188 g/mol. The molecule has 0 fully saturated rings. The number of nitrogens with two attached hydrogens (primary N) is 1. The van der Waals surface area contributed by atoms with Crippen LogP contribution in [-0.2, 0) is 7.05 Å². The molecule has 0 bridgehead atoms. The smallest absolute Gasteiger partial charge is 0.128 e. The lowest BCUT2D eigenvalue weighted by molar-refractivity contribution is 0.416. The zero-order valence-electron chi connectivity index (χ0n) is 8.90. The Labute approximate surface area is 89.1 Å². The largest absolute Gasteiger partial charge is 0.496 e. The molecule has 3 nitrogen and oxygen atoms in total. The van der Waals surface area contributed by atoms with Crippen LogP contribution < -0.4 is 10.5 Å². The van der Waals surface area contributed by atoms with Crippen LogP contribution in [0.4, 0.5) is 5.82 Å². The molecule has 3 heteroatoms. The van der Waals surface area contributed by atoms with Crippen molar-refractivity contribution in [3.63, 3.8) is 0 Å². The zero-order chi connectivity index (χ0) is 10.8. The Kier molecular flexibility index (Phi) is 2.37. The molecule has 2 aromatic rings. The van der Waals surface area contributed by atoms with E-state index < -0.39 is 0 Å². The Hall–Kier alpha value is -1.90. The molecule has 1 aromatic carbocycles. The number of hydrogen-bond donors (Lipinski definition) is 1. The maximum Gasteiger partial charge on any atom is 0.128 e. The second-order valence-corrected chi connectivity index (χ2v) is 3.40. The van der Waals surface area contributed by atoms with E-state index in [-0.39, 0.29) is 0 Å². The fraction of sp³-hybridized carbons (Fsp3) is 0.167. The Morgan fingerprint density at radius 1 is 1.13 bits per heavy atom. The number of anilines is 1. The first-order valence-electron chi connectivity index (χ1n) is 4.78. The number of rotatable bonds is 2. The summed E-state index contributed by atoms with van der Waals surface area (Å²) in [5.74, 6) is 1.61. The maximum absolute atomic E-state index is 5.79. The van der Waals surface area contributed by atoms with Gasteiger partial charge in [0, 0.05) is 12.6 Å². The van der Waals surface area contributed by atoms with Crippen LogP contribution in [0.15, 0.2) is 36.4 Å². The van der Waals surface area contributed by atoms with Gasteiger partial charge in [-0.1, -0.05) is 12.1 Å². The number of methoxy groups -OCH3 is 1. The summed E-state index contributed by atoms with van der Waals surface area (Å²) >= 11 is 0. The van der Waals surface area contributed by atoms with E-state index in [1.165, 1.54) is 0 Å². The molecule has 0 aliphatic carbocycles. The molecule has 0 saturated heterocycles. The molecule has 0 unspecified atom stereocenters. The van der Waals surface area contributed by atoms with Gasteiger partial charge in [0.2, 0.25) is 0 Å². The van der Waals surface area contributed by atoms with Crippen LogP contribution in [0.2, 0.25) is 0 Å². The average molecular weight is 202 g/mol. The van der Waals surface area contributed by atoms with Crippen molar-refractivity contribution in [3.05, 3.63) is 36.4 Å². The third kappa shape index (κ3) is 1.56. The number of benzene rings is 1. The Balaban J connectivity index is 2.58. The minimum absolute atomic E-state index is 0.746. The lowest BCUT2D eigenvalue weighted by atomic mass is 10.1. The average Bonchev–Trinajstić information content (AvgIpc) is 2.60. The molecule has 0 aliphatic rings. The van der Waals surface area contributed by atoms with E-state index in [1.54, 1.807) is 7.11 Å². The summed E-state index contributed by atoms with van der Waals surface area (Å²) in [6.07, 6.45) is 0. The number of para-hydroxylation sites is 1. The Morgan fingerprint density at radius 2 is 1.87 bits per heavy atom. The molecule has 1 aromatic heterocycles. The van der Waals surface area contributed by atoms with E-state index in [0.717, 1.165) is 22.8 Å². The van der Waals surface area contributed by atoms with Crippen LogP contribution in [0.1, 0.15) is 0 Å². The molecule has 0 atom stereocenters. The highest BCUT2D eigenvalue weighted by Gasteiger charge is 2.08. The van der Waals surface area contributed by atoms with Gasteiger partial charge in [0.25, 0.3) is 0 Å². The fourth-order valence-electron chi connectivity index (χ4n) is 1.65. The predicted octanol–water partition coefficient (Wildman–Crippen LogP) is 2.28. The van der Waals surface area contributed by atoms with Crippen molar-refractivity contribution in [2.24, 2.45) is 7.05 Å². The molecule has 0 saturated carbocycles. The monoisotopic (exact) mass is 202 g/mol. The molecule has 2 rings (SSSR count). The molecule has 1 heterocycles. The maximum atomic E-state index is 5.79. The second-order valence-electron chi connectivity index (χ2n) is 3.40. The Bertz CT molecular complexity index is 474. The molecule has 78 valence electrons. The van der Waals surface area contributed by atoms with Crippen LogP contribution in [0.3, 0.4) is 0 Å². The van der Waals surface area contributed by atoms with Crippen LogP contribution >= 0.6 is 0 Å². The van der Waals surface area contributed by atoms with Gasteiger partial charge in [-0.15, -0.1) is 0 Å². The van der Waals surface area contributed by atoms with E-state index in [9.17, 15) is 0 Å². The first kappa shape index (κ1) is 9.65. The van der Waals surface area contributed by atoms with Gasteiger partial charge in [0.15, 0.2) is 0 Å². The first-order chi connectivity index (χ1) is 7.24. The van der Waals surface area contributed by atoms with Gasteiger partial charge < -0.3 is 15.0 Å². The van der Waals surface area contributed by atoms with E-state index in [4.69, 9.17) is 10.5 Å². The van der Waals surface area contributed by atoms with E-state index in [1.807, 2.05) is 48.0 Å². The third-order valence-corrected chi connectivity index (χ3v) is 2.54. The minimum Gasteiger partial charge on any atom is -0.496 e. The van der Waals surface area contributed by atoms with Crippen LogP contribution in [-0.4, -0.2) is 11.7 Å². The summed E-state index contributed by atoms with van der Waals surface area (Å²) in [6.45, 7) is 0. The van der Waals surface area contributed by atoms with E-state index in [2.05, 4.69) is 0 Å². The summed E-state index contributed by atoms with van der Waals surface area (Å²) in [5.41, 5.74) is 7.91. The van der Waals surface area contributed by atoms with Gasteiger partial charge in [-0.2, -0.15) is 0 Å². The zero-order valence-corrected chi connectivity index (χ0v) is 8.90. The highest BCUT2D eigenvalue weighted by atomic mass is 16.5. The molecule has 0 radical (unpaired) electrons. The van der Waals surface area contributed by atoms with Crippen molar-refractivity contribution in [2.75, 3.05) is 12.8 Å². The first-order valence-corrected chi connectivity index (χ1v) is 4.78. The lowest BCUT2D eigenvalue weighted by Crippen LogP contribution is -1.98. The van der Waals surface area contributed by atoms with Crippen LogP contribution in [0, 0.1) is 0 Å². The molecule has 2 N–H and O–H groups in total. The summed E-state index contributed by atoms with van der Waals surface area (Å²) in [6, 6.07) is 11.8. The van der Waals surface area contributed by atoms with Crippen molar-refractivity contribution in [1.29, 1.82) is 0 Å². The molecule has 0 spiro atoms. The summed E-state index contributed by atoms with van der Waals surface area (Å²) in [7, 11) is 3.61. The fourth-order valence-corrected chi connectivity index (χ4v) is 1.65. The molecule has 15 heavy (non-hydrogen) atoms. The van der Waals surface area contributed by atoms with Crippen molar-refractivity contribution < 1.29 is 4.74 Å². The summed E-state index contributed by atoms with van der Waals surface area (Å²) in [4.78, 5) is 0. The lowest BCUT2D eigenvalue weighted by Gasteiger charge is -2.09. The standard InChI is InChI=1S/C12H14N2O/c1-14-10(7-8-12(14)13)9-5-3-4-6-11(9)15-2/h3-8H,13H2,1-2H3. The SMILES string of the molecule is COc1ccccc1-c1ccc(N)n1C. The molecular formula is C12H14N2O. The highest BCUT2D eigenvalue weighted by molar-refractivity contribution is 5.70. The topological polar surface area (TPSA) is 40.2 Å². The summed E-state index contributed by atoms with van der Waals surface area (Å²) in [5, 5.41) is 0. The van der Waals surface area contributed by atoms with E-state index in [0.29, 0.717) is 0 Å². The van der Waals surface area contributed by atoms with Gasteiger partial charge in [-0.3, -0.25) is 0 Å². The number of aromatic nitrogens is 1. The molecule has 0 amide bonds. The second kappa shape index (κ2) is 3.69. The summed E-state index contributed by atoms with van der Waals surface area (Å²) < 4.78 is 7.25. The minimum atomic E-state index is 0.746. The Morgan fingerprint density at radius 3 is 2.47 bits per heavy atom. The number of ether oxygens (including phenoxy) is 1. The van der Waals surface area contributed by atoms with Gasteiger partial charge in [0.1, 0.15) is 11.6 Å². The highest BCUT2D eigenvalue weighted by Crippen LogP contribution is 2.30. The third-order valence-electron chi connectivity index (χ3n) is 2.54. The normalized spacial score (nSPS) is 10.3. The number of hydrogen-bond acceptors (Lipinski definition) is 2. The van der Waals surface area contributed by atoms with E-state index >= 15 is 0 Å². The van der Waals surface area contributed by atoms with Crippen molar-refractivity contribution in [2.45, 2.75) is 0 Å². The predicted molar refractivity (Wildman–Crippen MR) is 61.8 cm³/mol. The van der Waals surface area contributed by atoms with Gasteiger partial charge in [-0.25, -0.2) is 0 Å². The van der Waals surface area contributed by atoms with Gasteiger partial charge in [0.05, 0.1) is 12.8 Å². The van der Waals surface area contributed by atoms with Crippen molar-refractivity contribution >= 4 is 5.82 Å². The number of nitrogen functional groups attached to an aromatic ring is 1. The van der Waals surface area contributed by atoms with Gasteiger partial charge >= 0.3 is 0 Å². The quantitative estimate of drug-likeness (QED) is 0.811. The van der Waals surface area contributed by atoms with Crippen molar-refractivity contribution in [1.82, 2.24) is 4.57 Å². The number of nitrogens with zero attached hydrogens (tertiary/aromatic N) is 1. The van der Waals surface area contributed by atoms with Gasteiger partial charge in [-0.05, 0) is 24.3 Å². The molecule has 0 aliphatic heterocycles. The van der Waals surface area contributed by atoms with Crippen LogP contribution in [0.25, 0.3) is 11.3 Å². The van der Waals surface area contributed by atoms with Crippen LogP contribution in [0.5, 0.6) is 5.75 Å². The van der Waals surface area contributed by atoms with Crippen molar-refractivity contribution in [3.8, 4) is 17.0 Å².